The van der Waals surface area contributed by atoms with Crippen molar-refractivity contribution < 1.29 is 5.11 Å². The molecule has 102 valence electrons. The van der Waals surface area contributed by atoms with Crippen molar-refractivity contribution in [3.05, 3.63) is 24.3 Å². The van der Waals surface area contributed by atoms with Gasteiger partial charge >= 0.3 is 0 Å². The third kappa shape index (κ3) is 3.54. The molecule has 1 aromatic heterocycles. The zero-order valence-corrected chi connectivity index (χ0v) is 11.2. The van der Waals surface area contributed by atoms with Crippen molar-refractivity contribution >= 4 is 22.7 Å². The van der Waals surface area contributed by atoms with Gasteiger partial charge in [0.05, 0.1) is 5.52 Å². The first-order valence-corrected chi connectivity index (χ1v) is 6.70. The minimum atomic E-state index is 0.178. The Morgan fingerprint density at radius 3 is 2.74 bits per heavy atom. The van der Waals surface area contributed by atoms with Gasteiger partial charge in [0.2, 0.25) is 5.95 Å². The summed E-state index contributed by atoms with van der Waals surface area (Å²) in [6.45, 7) is 3.84. The van der Waals surface area contributed by atoms with E-state index in [9.17, 15) is 0 Å². The molecular weight excluding hydrogens is 240 g/mol. The zero-order chi connectivity index (χ0) is 13.5. The fraction of sp³-hybridized carbons (Fsp3) is 0.429. The number of aliphatic hydroxyl groups is 1. The van der Waals surface area contributed by atoms with Crippen molar-refractivity contribution in [2.45, 2.75) is 19.8 Å². The maximum absolute atomic E-state index is 8.84. The van der Waals surface area contributed by atoms with Gasteiger partial charge in [0.25, 0.3) is 0 Å². The maximum atomic E-state index is 8.84. The maximum Gasteiger partial charge on any atom is 0.225 e. The van der Waals surface area contributed by atoms with E-state index in [0.29, 0.717) is 18.9 Å². The quantitative estimate of drug-likeness (QED) is 0.666. The van der Waals surface area contributed by atoms with Crippen molar-refractivity contribution in [3.63, 3.8) is 0 Å². The Bertz CT molecular complexity index is 530. The second kappa shape index (κ2) is 6.89. The Hall–Kier alpha value is -1.88. The standard InChI is InChI=1S/C14H20N4O/c1-2-8-16-14-17-12-7-4-3-6-11(12)13(18-14)15-9-5-10-19/h3-4,6-7,19H,2,5,8-10H2,1H3,(H2,15,16,17,18). The van der Waals surface area contributed by atoms with E-state index in [1.165, 1.54) is 0 Å². The van der Waals surface area contributed by atoms with Crippen LogP contribution in [0.1, 0.15) is 19.8 Å². The first kappa shape index (κ1) is 13.5. The van der Waals surface area contributed by atoms with E-state index in [2.05, 4.69) is 27.5 Å². The number of aliphatic hydroxyl groups excluding tert-OH is 1. The van der Waals surface area contributed by atoms with E-state index in [1.807, 2.05) is 24.3 Å². The smallest absolute Gasteiger partial charge is 0.225 e. The van der Waals surface area contributed by atoms with Crippen molar-refractivity contribution in [3.8, 4) is 0 Å². The summed E-state index contributed by atoms with van der Waals surface area (Å²) in [5, 5.41) is 16.3. The Morgan fingerprint density at radius 2 is 1.95 bits per heavy atom. The molecule has 0 spiro atoms. The molecule has 5 nitrogen and oxygen atoms in total. The first-order chi connectivity index (χ1) is 9.35. The van der Waals surface area contributed by atoms with E-state index in [0.717, 1.165) is 29.7 Å². The summed E-state index contributed by atoms with van der Waals surface area (Å²) in [7, 11) is 0. The minimum Gasteiger partial charge on any atom is -0.396 e. The molecule has 2 aromatic rings. The minimum absolute atomic E-state index is 0.178. The average Bonchev–Trinajstić information content (AvgIpc) is 2.45. The summed E-state index contributed by atoms with van der Waals surface area (Å²) in [6.07, 6.45) is 1.74. The Kier molecular flexibility index (Phi) is 4.92. The lowest BCUT2D eigenvalue weighted by atomic mass is 10.2. The van der Waals surface area contributed by atoms with Crippen molar-refractivity contribution in [1.82, 2.24) is 9.97 Å². The number of hydrogen-bond acceptors (Lipinski definition) is 5. The number of para-hydroxylation sites is 1. The zero-order valence-electron chi connectivity index (χ0n) is 11.2. The first-order valence-electron chi connectivity index (χ1n) is 6.70. The van der Waals surface area contributed by atoms with Gasteiger partial charge in [-0.3, -0.25) is 0 Å². The van der Waals surface area contributed by atoms with Crippen LogP contribution in [0.3, 0.4) is 0 Å². The van der Waals surface area contributed by atoms with Crippen LogP contribution in [0.5, 0.6) is 0 Å². The van der Waals surface area contributed by atoms with Crippen LogP contribution in [0, 0.1) is 0 Å². The Balaban J connectivity index is 2.28. The highest BCUT2D eigenvalue weighted by Gasteiger charge is 2.06. The molecule has 0 radical (unpaired) electrons. The second-order valence-electron chi connectivity index (χ2n) is 4.34. The molecule has 1 heterocycles. The molecule has 0 atom stereocenters. The number of rotatable bonds is 7. The van der Waals surface area contributed by atoms with Crippen LogP contribution in [0.4, 0.5) is 11.8 Å². The highest BCUT2D eigenvalue weighted by Crippen LogP contribution is 2.21. The highest BCUT2D eigenvalue weighted by atomic mass is 16.3. The lowest BCUT2D eigenvalue weighted by Gasteiger charge is -2.11. The van der Waals surface area contributed by atoms with Gasteiger partial charge in [0, 0.05) is 25.1 Å². The third-order valence-electron chi connectivity index (χ3n) is 2.76. The van der Waals surface area contributed by atoms with Gasteiger partial charge in [-0.1, -0.05) is 19.1 Å². The molecule has 19 heavy (non-hydrogen) atoms. The summed E-state index contributed by atoms with van der Waals surface area (Å²) >= 11 is 0. The van der Waals surface area contributed by atoms with Gasteiger partial charge in [-0.05, 0) is 25.0 Å². The SMILES string of the molecule is CCCNc1nc(NCCCO)c2ccccc2n1. The average molecular weight is 260 g/mol. The van der Waals surface area contributed by atoms with E-state index >= 15 is 0 Å². The number of anilines is 2. The predicted octanol–water partition coefficient (Wildman–Crippen LogP) is 2.25. The van der Waals surface area contributed by atoms with Crippen molar-refractivity contribution in [2.75, 3.05) is 30.3 Å². The molecule has 0 aliphatic rings. The van der Waals surface area contributed by atoms with Crippen LogP contribution in [-0.4, -0.2) is 34.8 Å². The third-order valence-corrected chi connectivity index (χ3v) is 2.76. The molecule has 2 rings (SSSR count). The van der Waals surface area contributed by atoms with Crippen LogP contribution in [0.2, 0.25) is 0 Å². The summed E-state index contributed by atoms with van der Waals surface area (Å²) in [6, 6.07) is 7.92. The van der Waals surface area contributed by atoms with Crippen molar-refractivity contribution in [2.24, 2.45) is 0 Å². The molecule has 0 aliphatic carbocycles. The van der Waals surface area contributed by atoms with Gasteiger partial charge in [0.15, 0.2) is 0 Å². The van der Waals surface area contributed by atoms with Crippen LogP contribution >= 0.6 is 0 Å². The van der Waals surface area contributed by atoms with Gasteiger partial charge in [-0.2, -0.15) is 4.98 Å². The molecule has 0 unspecified atom stereocenters. The van der Waals surface area contributed by atoms with Gasteiger partial charge in [-0.15, -0.1) is 0 Å². The number of fused-ring (bicyclic) bond motifs is 1. The molecular formula is C14H20N4O. The summed E-state index contributed by atoms with van der Waals surface area (Å²) in [5.41, 5.74) is 0.919. The summed E-state index contributed by atoms with van der Waals surface area (Å²) in [4.78, 5) is 8.99. The van der Waals surface area contributed by atoms with Gasteiger partial charge < -0.3 is 15.7 Å². The monoisotopic (exact) mass is 260 g/mol. The molecule has 3 N–H and O–H groups in total. The van der Waals surface area contributed by atoms with Gasteiger partial charge in [-0.25, -0.2) is 4.98 Å². The molecule has 0 saturated heterocycles. The molecule has 1 aromatic carbocycles. The molecule has 5 heteroatoms. The van der Waals surface area contributed by atoms with Crippen LogP contribution in [-0.2, 0) is 0 Å². The number of hydrogen-bond donors (Lipinski definition) is 3. The molecule has 0 amide bonds. The van der Waals surface area contributed by atoms with E-state index < -0.39 is 0 Å². The van der Waals surface area contributed by atoms with Crippen LogP contribution < -0.4 is 10.6 Å². The molecule has 0 saturated carbocycles. The highest BCUT2D eigenvalue weighted by molar-refractivity contribution is 5.89. The van der Waals surface area contributed by atoms with E-state index in [4.69, 9.17) is 5.11 Å². The fourth-order valence-corrected chi connectivity index (χ4v) is 1.81. The molecule has 0 bridgehead atoms. The Labute approximate surface area is 113 Å². The van der Waals surface area contributed by atoms with Crippen LogP contribution in [0.15, 0.2) is 24.3 Å². The number of nitrogens with zero attached hydrogens (tertiary/aromatic N) is 2. The van der Waals surface area contributed by atoms with E-state index in [1.54, 1.807) is 0 Å². The molecule has 0 aliphatic heterocycles. The number of nitrogens with one attached hydrogen (secondary N) is 2. The number of aromatic nitrogens is 2. The second-order valence-corrected chi connectivity index (χ2v) is 4.34. The normalized spacial score (nSPS) is 10.6. The molecule has 0 fully saturated rings. The predicted molar refractivity (Wildman–Crippen MR) is 78.5 cm³/mol. The lowest BCUT2D eigenvalue weighted by Crippen LogP contribution is -2.09. The fourth-order valence-electron chi connectivity index (χ4n) is 1.81. The largest absolute Gasteiger partial charge is 0.396 e. The van der Waals surface area contributed by atoms with Gasteiger partial charge in [0.1, 0.15) is 5.82 Å². The van der Waals surface area contributed by atoms with Crippen LogP contribution in [0.25, 0.3) is 10.9 Å². The Morgan fingerprint density at radius 1 is 1.11 bits per heavy atom. The topological polar surface area (TPSA) is 70.1 Å². The lowest BCUT2D eigenvalue weighted by molar-refractivity contribution is 0.292. The summed E-state index contributed by atoms with van der Waals surface area (Å²) < 4.78 is 0. The van der Waals surface area contributed by atoms with Crippen molar-refractivity contribution in [1.29, 1.82) is 0 Å². The number of benzene rings is 1. The van der Waals surface area contributed by atoms with E-state index in [-0.39, 0.29) is 6.61 Å². The summed E-state index contributed by atoms with van der Waals surface area (Å²) in [5.74, 6) is 1.46.